The second-order valence-electron chi connectivity index (χ2n) is 11.1. The van der Waals surface area contributed by atoms with Gasteiger partial charge in [-0.2, -0.15) is 0 Å². The van der Waals surface area contributed by atoms with Gasteiger partial charge in [-0.3, -0.25) is 24.2 Å². The van der Waals surface area contributed by atoms with E-state index >= 15 is 0 Å². The van der Waals surface area contributed by atoms with Crippen molar-refractivity contribution in [2.75, 3.05) is 26.2 Å². The van der Waals surface area contributed by atoms with E-state index in [1.165, 1.54) is 43.8 Å². The molecule has 1 heterocycles. The molecule has 1 aromatic carbocycles. The van der Waals surface area contributed by atoms with Crippen LogP contribution in [-0.2, 0) is 36.8 Å². The van der Waals surface area contributed by atoms with Crippen molar-refractivity contribution < 1.29 is 29.1 Å². The molecule has 1 atom stereocenters. The molecule has 1 aromatic heterocycles. The fraction of sp³-hybridized carbons (Fsp3) is 0.545. The number of aryl methyl sites for hydroxylation is 1. The molecule has 13 heteroatoms. The topological polar surface area (TPSA) is 195 Å². The Hall–Kier alpha value is -4.55. The SMILES string of the molecule is CCc1ccc(C=NCCCCCCCCCCCC(=O)NCC(=O)NCC(=O)NCC(=O)NC(Cc2cnc[nH]2)C(=O)O)cc1. The molecule has 1 unspecified atom stereocenters. The van der Waals surface area contributed by atoms with Crippen LogP contribution in [0.5, 0.6) is 0 Å². The largest absolute Gasteiger partial charge is 0.480 e. The number of rotatable bonds is 24. The van der Waals surface area contributed by atoms with Crippen molar-refractivity contribution in [1.29, 1.82) is 0 Å². The highest BCUT2D eigenvalue weighted by atomic mass is 16.4. The van der Waals surface area contributed by atoms with Crippen molar-refractivity contribution in [1.82, 2.24) is 31.2 Å². The van der Waals surface area contributed by atoms with Gasteiger partial charge in [0.2, 0.25) is 23.6 Å². The van der Waals surface area contributed by atoms with Gasteiger partial charge in [-0.1, -0.05) is 76.1 Å². The molecule has 0 aliphatic carbocycles. The molecule has 0 aliphatic heterocycles. The Morgan fingerprint density at radius 3 is 1.93 bits per heavy atom. The van der Waals surface area contributed by atoms with E-state index in [4.69, 9.17) is 0 Å². The first kappa shape index (κ1) is 37.6. The zero-order chi connectivity index (χ0) is 33.4. The molecule has 0 bridgehead atoms. The molecular formula is C33H49N7O6. The number of amides is 4. The molecule has 0 fully saturated rings. The summed E-state index contributed by atoms with van der Waals surface area (Å²) in [5, 5.41) is 18.8. The van der Waals surface area contributed by atoms with Gasteiger partial charge in [-0.25, -0.2) is 9.78 Å². The second-order valence-corrected chi connectivity index (χ2v) is 11.1. The number of imidazole rings is 1. The number of aromatic nitrogens is 2. The van der Waals surface area contributed by atoms with Crippen LogP contribution in [0.2, 0.25) is 0 Å². The molecule has 46 heavy (non-hydrogen) atoms. The normalized spacial score (nSPS) is 11.6. The molecule has 6 N–H and O–H groups in total. The van der Waals surface area contributed by atoms with Crippen LogP contribution in [0.4, 0.5) is 0 Å². The highest BCUT2D eigenvalue weighted by Gasteiger charge is 2.21. The Morgan fingerprint density at radius 2 is 1.37 bits per heavy atom. The number of hydrogen-bond donors (Lipinski definition) is 6. The van der Waals surface area contributed by atoms with Crippen LogP contribution in [0.15, 0.2) is 41.8 Å². The van der Waals surface area contributed by atoms with Crippen LogP contribution in [0, 0.1) is 0 Å². The van der Waals surface area contributed by atoms with Crippen molar-refractivity contribution >= 4 is 35.8 Å². The van der Waals surface area contributed by atoms with Crippen LogP contribution in [0.3, 0.4) is 0 Å². The predicted octanol–water partition coefficient (Wildman–Crippen LogP) is 2.45. The lowest BCUT2D eigenvalue weighted by Gasteiger charge is -2.14. The molecule has 2 rings (SSSR count). The van der Waals surface area contributed by atoms with E-state index in [-0.39, 0.29) is 25.4 Å². The predicted molar refractivity (Wildman–Crippen MR) is 175 cm³/mol. The average molecular weight is 640 g/mol. The number of carbonyl (C=O) groups is 5. The molecule has 252 valence electrons. The zero-order valence-corrected chi connectivity index (χ0v) is 26.8. The number of benzene rings is 1. The third-order valence-corrected chi connectivity index (χ3v) is 7.27. The molecule has 2 aromatic rings. The van der Waals surface area contributed by atoms with Crippen LogP contribution in [0.25, 0.3) is 0 Å². The summed E-state index contributed by atoms with van der Waals surface area (Å²) in [4.78, 5) is 70.4. The highest BCUT2D eigenvalue weighted by molar-refractivity contribution is 5.91. The van der Waals surface area contributed by atoms with E-state index in [1.54, 1.807) is 0 Å². The molecule has 0 radical (unpaired) electrons. The summed E-state index contributed by atoms with van der Waals surface area (Å²) in [6.45, 7) is 1.92. The number of carboxylic acids is 1. The van der Waals surface area contributed by atoms with Gasteiger partial charge < -0.3 is 31.4 Å². The highest BCUT2D eigenvalue weighted by Crippen LogP contribution is 2.11. The Labute approximate surface area is 270 Å². The lowest BCUT2D eigenvalue weighted by molar-refractivity contribution is -0.141. The number of hydrogen-bond acceptors (Lipinski definition) is 7. The van der Waals surface area contributed by atoms with Crippen molar-refractivity contribution in [3.05, 3.63) is 53.6 Å². The molecule has 0 aliphatic rings. The lowest BCUT2D eigenvalue weighted by Crippen LogP contribution is -2.48. The molecule has 4 amide bonds. The average Bonchev–Trinajstić information content (AvgIpc) is 3.57. The van der Waals surface area contributed by atoms with E-state index in [9.17, 15) is 29.1 Å². The number of unbranched alkanes of at least 4 members (excludes halogenated alkanes) is 8. The minimum atomic E-state index is -1.23. The maximum atomic E-state index is 12.0. The minimum Gasteiger partial charge on any atom is -0.480 e. The summed E-state index contributed by atoms with van der Waals surface area (Å²) in [5.41, 5.74) is 3.02. The van der Waals surface area contributed by atoms with Gasteiger partial charge in [0.15, 0.2) is 0 Å². The van der Waals surface area contributed by atoms with Crippen LogP contribution in [0.1, 0.15) is 88.0 Å². The van der Waals surface area contributed by atoms with Gasteiger partial charge in [0.1, 0.15) is 6.04 Å². The van der Waals surface area contributed by atoms with Gasteiger partial charge in [-0.15, -0.1) is 0 Å². The summed E-state index contributed by atoms with van der Waals surface area (Å²) in [5.74, 6) is -3.31. The second kappa shape index (κ2) is 22.9. The Balaban J connectivity index is 1.39. The zero-order valence-electron chi connectivity index (χ0n) is 26.8. The third-order valence-electron chi connectivity index (χ3n) is 7.27. The summed E-state index contributed by atoms with van der Waals surface area (Å²) >= 11 is 0. The maximum absolute atomic E-state index is 12.0. The van der Waals surface area contributed by atoms with Gasteiger partial charge in [0.25, 0.3) is 0 Å². The van der Waals surface area contributed by atoms with E-state index in [2.05, 4.69) is 67.4 Å². The number of aliphatic carboxylic acids is 1. The number of aromatic amines is 1. The van der Waals surface area contributed by atoms with Gasteiger partial charge >= 0.3 is 5.97 Å². The summed E-state index contributed by atoms with van der Waals surface area (Å²) in [6, 6.07) is 7.33. The number of carboxylic acid groups (broad SMARTS) is 1. The summed E-state index contributed by atoms with van der Waals surface area (Å²) < 4.78 is 0. The van der Waals surface area contributed by atoms with E-state index < -0.39 is 36.3 Å². The Morgan fingerprint density at radius 1 is 0.804 bits per heavy atom. The molecule has 0 saturated heterocycles. The van der Waals surface area contributed by atoms with Crippen LogP contribution in [-0.4, -0.2) is 83.1 Å². The maximum Gasteiger partial charge on any atom is 0.326 e. The summed E-state index contributed by atoms with van der Waals surface area (Å²) in [6.07, 6.45) is 16.0. The standard InChI is InChI=1S/C33H49N7O6/c1-2-25-13-15-26(16-14-25)19-34-17-11-9-7-5-3-4-6-8-10-12-29(41)36-21-30(42)37-22-31(43)38-23-32(44)40-28(33(45)46)18-27-20-35-24-39-27/h13-16,19-20,24,28H,2-12,17-18,21-23H2,1H3,(H,35,39)(H,36,41)(H,37,42)(H,38,43)(H,40,44)(H,45,46). The van der Waals surface area contributed by atoms with Gasteiger partial charge in [0.05, 0.1) is 26.0 Å². The first-order valence-corrected chi connectivity index (χ1v) is 16.1. The Kier molecular flexibility index (Phi) is 18.7. The third kappa shape index (κ3) is 17.7. The van der Waals surface area contributed by atoms with Crippen molar-refractivity contribution in [2.45, 2.75) is 90.0 Å². The molecule has 13 nitrogen and oxygen atoms in total. The molecule has 0 spiro atoms. The van der Waals surface area contributed by atoms with Gasteiger partial charge in [0, 0.05) is 37.5 Å². The van der Waals surface area contributed by atoms with Gasteiger partial charge in [-0.05, 0) is 30.4 Å². The molecule has 0 saturated carbocycles. The first-order chi connectivity index (χ1) is 22.3. The monoisotopic (exact) mass is 639 g/mol. The van der Waals surface area contributed by atoms with E-state index in [0.29, 0.717) is 12.1 Å². The van der Waals surface area contributed by atoms with Crippen LogP contribution >= 0.6 is 0 Å². The fourth-order valence-electron chi connectivity index (χ4n) is 4.55. The van der Waals surface area contributed by atoms with Crippen molar-refractivity contribution in [3.63, 3.8) is 0 Å². The number of nitrogens with one attached hydrogen (secondary N) is 5. The quantitative estimate of drug-likeness (QED) is 0.0750. The first-order valence-electron chi connectivity index (χ1n) is 16.1. The van der Waals surface area contributed by atoms with Crippen LogP contribution < -0.4 is 21.3 Å². The number of H-pyrrole nitrogens is 1. The number of carbonyl (C=O) groups excluding carboxylic acids is 4. The van der Waals surface area contributed by atoms with E-state index in [0.717, 1.165) is 50.6 Å². The van der Waals surface area contributed by atoms with Crippen molar-refractivity contribution in [2.24, 2.45) is 4.99 Å². The summed E-state index contributed by atoms with van der Waals surface area (Å²) in [7, 11) is 0. The number of nitrogens with zero attached hydrogens (tertiary/aromatic N) is 2. The lowest BCUT2D eigenvalue weighted by atomic mass is 10.1. The van der Waals surface area contributed by atoms with Crippen molar-refractivity contribution in [3.8, 4) is 0 Å². The number of aliphatic imine (C=N–C) groups is 1. The van der Waals surface area contributed by atoms with E-state index in [1.807, 2.05) is 6.21 Å². The minimum absolute atomic E-state index is 0.00421. The smallest absolute Gasteiger partial charge is 0.326 e. The Bertz CT molecular complexity index is 1230. The fourth-order valence-corrected chi connectivity index (χ4v) is 4.55. The molecular weight excluding hydrogens is 590 g/mol.